The molecule has 1 amide bonds. The molecule has 1 aromatic heterocycles. The minimum atomic E-state index is -0.116. The van der Waals surface area contributed by atoms with Crippen LogP contribution in [-0.4, -0.2) is 29.2 Å². The van der Waals surface area contributed by atoms with Gasteiger partial charge < -0.3 is 20.5 Å². The van der Waals surface area contributed by atoms with Crippen LogP contribution in [0.25, 0.3) is 0 Å². The summed E-state index contributed by atoms with van der Waals surface area (Å²) in [5.74, 6) is 0.838. The zero-order valence-corrected chi connectivity index (χ0v) is 13.2. The van der Waals surface area contributed by atoms with E-state index in [4.69, 9.17) is 4.74 Å². The van der Waals surface area contributed by atoms with Crippen molar-refractivity contribution in [2.75, 3.05) is 18.5 Å². The summed E-state index contributed by atoms with van der Waals surface area (Å²) in [5, 5.41) is 15.7. The quantitative estimate of drug-likeness (QED) is 0.801. The van der Waals surface area contributed by atoms with Crippen LogP contribution in [0.5, 0.6) is 0 Å². The SMILES string of the molecule is O=C1NCc2cccc(Nc3ccc([C@@H]4CCOC4)c(CO)n3)c21. The van der Waals surface area contributed by atoms with E-state index >= 15 is 0 Å². The van der Waals surface area contributed by atoms with Gasteiger partial charge in [-0.1, -0.05) is 18.2 Å². The van der Waals surface area contributed by atoms with E-state index in [9.17, 15) is 9.90 Å². The first kappa shape index (κ1) is 15.1. The maximum absolute atomic E-state index is 12.0. The van der Waals surface area contributed by atoms with Crippen LogP contribution >= 0.6 is 0 Å². The van der Waals surface area contributed by atoms with Gasteiger partial charge in [-0.25, -0.2) is 4.98 Å². The van der Waals surface area contributed by atoms with Gasteiger partial charge in [-0.15, -0.1) is 0 Å². The van der Waals surface area contributed by atoms with E-state index in [2.05, 4.69) is 15.6 Å². The minimum absolute atomic E-state index is 0.0739. The monoisotopic (exact) mass is 325 g/mol. The highest BCUT2D eigenvalue weighted by Gasteiger charge is 2.24. The Bertz CT molecular complexity index is 785. The summed E-state index contributed by atoms with van der Waals surface area (Å²) in [6.45, 7) is 1.86. The molecule has 0 bridgehead atoms. The molecule has 3 N–H and O–H groups in total. The Morgan fingerprint density at radius 1 is 1.33 bits per heavy atom. The van der Waals surface area contributed by atoms with Crippen LogP contribution in [0.3, 0.4) is 0 Å². The van der Waals surface area contributed by atoms with E-state index in [0.29, 0.717) is 36.1 Å². The molecule has 1 saturated heterocycles. The number of benzene rings is 1. The second kappa shape index (κ2) is 6.22. The topological polar surface area (TPSA) is 83.5 Å². The fourth-order valence-corrected chi connectivity index (χ4v) is 3.38. The summed E-state index contributed by atoms with van der Waals surface area (Å²) in [5.41, 5.74) is 4.07. The number of amides is 1. The number of aromatic nitrogens is 1. The first-order valence-corrected chi connectivity index (χ1v) is 8.12. The molecule has 1 fully saturated rings. The molecule has 4 rings (SSSR count). The summed E-state index contributed by atoms with van der Waals surface area (Å²) in [4.78, 5) is 16.5. The largest absolute Gasteiger partial charge is 0.390 e. The van der Waals surface area contributed by atoms with Gasteiger partial charge in [0.1, 0.15) is 5.82 Å². The Kier molecular flexibility index (Phi) is 3.92. The van der Waals surface area contributed by atoms with Crippen LogP contribution < -0.4 is 10.6 Å². The molecule has 1 aromatic carbocycles. The zero-order valence-electron chi connectivity index (χ0n) is 13.2. The molecule has 3 heterocycles. The van der Waals surface area contributed by atoms with E-state index in [1.807, 2.05) is 30.3 Å². The molecule has 2 aromatic rings. The van der Waals surface area contributed by atoms with Crippen molar-refractivity contribution in [1.29, 1.82) is 0 Å². The fraction of sp³-hybridized carbons (Fsp3) is 0.333. The fourth-order valence-electron chi connectivity index (χ4n) is 3.38. The number of hydrogen-bond acceptors (Lipinski definition) is 5. The van der Waals surface area contributed by atoms with Crippen LogP contribution in [0.15, 0.2) is 30.3 Å². The standard InChI is InChI=1S/C18H19N3O3/c22-9-15-13(12-6-7-24-10-12)4-5-16(21-15)20-14-3-1-2-11-8-19-18(23)17(11)14/h1-5,12,22H,6-10H2,(H,19,23)(H,20,21)/t12-/m1/s1. The van der Waals surface area contributed by atoms with E-state index in [0.717, 1.165) is 29.8 Å². The van der Waals surface area contributed by atoms with Crippen LogP contribution in [-0.2, 0) is 17.9 Å². The number of pyridine rings is 1. The van der Waals surface area contributed by atoms with Gasteiger partial charge in [0.2, 0.25) is 0 Å². The van der Waals surface area contributed by atoms with Gasteiger partial charge in [-0.05, 0) is 29.7 Å². The molecule has 0 unspecified atom stereocenters. The second-order valence-electron chi connectivity index (χ2n) is 6.10. The number of aliphatic hydroxyl groups is 1. The Morgan fingerprint density at radius 2 is 2.25 bits per heavy atom. The molecule has 6 nitrogen and oxygen atoms in total. The highest BCUT2D eigenvalue weighted by atomic mass is 16.5. The molecule has 2 aliphatic rings. The molecule has 124 valence electrons. The average molecular weight is 325 g/mol. The molecule has 0 saturated carbocycles. The second-order valence-corrected chi connectivity index (χ2v) is 6.10. The molecule has 0 aliphatic carbocycles. The molecular weight excluding hydrogens is 306 g/mol. The third-order valence-corrected chi connectivity index (χ3v) is 4.61. The smallest absolute Gasteiger partial charge is 0.254 e. The van der Waals surface area contributed by atoms with E-state index in [-0.39, 0.29) is 12.5 Å². The highest BCUT2D eigenvalue weighted by molar-refractivity contribution is 6.03. The molecular formula is C18H19N3O3. The Hall–Kier alpha value is -2.44. The Labute approximate surface area is 139 Å². The minimum Gasteiger partial charge on any atom is -0.390 e. The first-order chi connectivity index (χ1) is 11.8. The van der Waals surface area contributed by atoms with Gasteiger partial charge in [0.05, 0.1) is 30.2 Å². The lowest BCUT2D eigenvalue weighted by Gasteiger charge is -2.15. The van der Waals surface area contributed by atoms with Crippen LogP contribution in [0.2, 0.25) is 0 Å². The Balaban J connectivity index is 1.64. The van der Waals surface area contributed by atoms with Gasteiger partial charge >= 0.3 is 0 Å². The van der Waals surface area contributed by atoms with Crippen molar-refractivity contribution in [1.82, 2.24) is 10.3 Å². The number of carbonyl (C=O) groups is 1. The van der Waals surface area contributed by atoms with Crippen molar-refractivity contribution >= 4 is 17.4 Å². The third kappa shape index (κ3) is 2.64. The van der Waals surface area contributed by atoms with Gasteiger partial charge in [-0.2, -0.15) is 0 Å². The summed E-state index contributed by atoms with van der Waals surface area (Å²) in [6, 6.07) is 9.60. The average Bonchev–Trinajstić information content (AvgIpc) is 3.26. The lowest BCUT2D eigenvalue weighted by molar-refractivity contribution is 0.0966. The predicted molar refractivity (Wildman–Crippen MR) is 89.2 cm³/mol. The van der Waals surface area contributed by atoms with Gasteiger partial charge in [0.15, 0.2) is 0 Å². The van der Waals surface area contributed by atoms with E-state index < -0.39 is 0 Å². The predicted octanol–water partition coefficient (Wildman–Crippen LogP) is 2.06. The molecule has 0 radical (unpaired) electrons. The third-order valence-electron chi connectivity index (χ3n) is 4.61. The first-order valence-electron chi connectivity index (χ1n) is 8.12. The van der Waals surface area contributed by atoms with Gasteiger partial charge in [-0.3, -0.25) is 4.79 Å². The summed E-state index contributed by atoms with van der Waals surface area (Å²) in [6.07, 6.45) is 0.952. The maximum atomic E-state index is 12.0. The number of anilines is 2. The molecule has 2 aliphatic heterocycles. The van der Waals surface area contributed by atoms with Crippen molar-refractivity contribution in [2.45, 2.75) is 25.5 Å². The lowest BCUT2D eigenvalue weighted by Crippen LogP contribution is -2.14. The van der Waals surface area contributed by atoms with Crippen molar-refractivity contribution in [3.63, 3.8) is 0 Å². The van der Waals surface area contributed by atoms with Crippen LogP contribution in [0.4, 0.5) is 11.5 Å². The molecule has 6 heteroatoms. The number of nitrogens with one attached hydrogen (secondary N) is 2. The van der Waals surface area contributed by atoms with Crippen LogP contribution in [0, 0.1) is 0 Å². The number of ether oxygens (including phenoxy) is 1. The summed E-state index contributed by atoms with van der Waals surface area (Å²) < 4.78 is 5.43. The summed E-state index contributed by atoms with van der Waals surface area (Å²) >= 11 is 0. The van der Waals surface area contributed by atoms with Crippen molar-refractivity contribution < 1.29 is 14.6 Å². The van der Waals surface area contributed by atoms with Crippen molar-refractivity contribution in [3.8, 4) is 0 Å². The molecule has 0 spiro atoms. The van der Waals surface area contributed by atoms with E-state index in [1.165, 1.54) is 0 Å². The maximum Gasteiger partial charge on any atom is 0.254 e. The van der Waals surface area contributed by atoms with Crippen molar-refractivity contribution in [3.05, 3.63) is 52.7 Å². The molecule has 1 atom stereocenters. The Morgan fingerprint density at radius 3 is 3.04 bits per heavy atom. The number of fused-ring (bicyclic) bond motifs is 1. The van der Waals surface area contributed by atoms with Gasteiger partial charge in [0.25, 0.3) is 5.91 Å². The van der Waals surface area contributed by atoms with Gasteiger partial charge in [0, 0.05) is 19.1 Å². The number of nitrogens with zero attached hydrogens (tertiary/aromatic N) is 1. The number of aliphatic hydroxyl groups excluding tert-OH is 1. The molecule has 24 heavy (non-hydrogen) atoms. The lowest BCUT2D eigenvalue weighted by atomic mass is 9.97. The van der Waals surface area contributed by atoms with E-state index in [1.54, 1.807) is 0 Å². The normalized spacial score (nSPS) is 19.2. The highest BCUT2D eigenvalue weighted by Crippen LogP contribution is 2.30. The van der Waals surface area contributed by atoms with Crippen molar-refractivity contribution in [2.24, 2.45) is 0 Å². The van der Waals surface area contributed by atoms with Crippen LogP contribution in [0.1, 0.15) is 39.5 Å². The number of carbonyl (C=O) groups excluding carboxylic acids is 1. The number of hydrogen-bond donors (Lipinski definition) is 3. The zero-order chi connectivity index (χ0) is 16.5. The summed E-state index contributed by atoms with van der Waals surface area (Å²) in [7, 11) is 0. The number of rotatable bonds is 4.